The SMILES string of the molecule is Cc1ccccc1-c1nc(CC(=O)NCCc2ccccc2)no1. The summed E-state index contributed by atoms with van der Waals surface area (Å²) in [6.07, 6.45) is 0.914. The van der Waals surface area contributed by atoms with Crippen LogP contribution in [0.4, 0.5) is 0 Å². The Labute approximate surface area is 140 Å². The maximum atomic E-state index is 12.0. The molecule has 0 aliphatic heterocycles. The molecule has 5 nitrogen and oxygen atoms in total. The van der Waals surface area contributed by atoms with Crippen molar-refractivity contribution in [1.82, 2.24) is 15.5 Å². The van der Waals surface area contributed by atoms with Gasteiger partial charge in [-0.15, -0.1) is 0 Å². The summed E-state index contributed by atoms with van der Waals surface area (Å²) in [6.45, 7) is 2.57. The van der Waals surface area contributed by atoms with Gasteiger partial charge >= 0.3 is 0 Å². The second kappa shape index (κ2) is 7.55. The molecule has 2 aromatic carbocycles. The van der Waals surface area contributed by atoms with Crippen LogP contribution in [-0.4, -0.2) is 22.6 Å². The minimum atomic E-state index is -0.108. The minimum absolute atomic E-state index is 0.108. The number of benzene rings is 2. The lowest BCUT2D eigenvalue weighted by molar-refractivity contribution is -0.120. The van der Waals surface area contributed by atoms with Crippen molar-refractivity contribution >= 4 is 5.91 Å². The van der Waals surface area contributed by atoms with E-state index in [1.165, 1.54) is 5.56 Å². The van der Waals surface area contributed by atoms with Gasteiger partial charge in [0, 0.05) is 12.1 Å². The molecule has 24 heavy (non-hydrogen) atoms. The molecule has 1 amide bonds. The molecule has 0 saturated carbocycles. The molecule has 1 N–H and O–H groups in total. The number of carbonyl (C=O) groups is 1. The fraction of sp³-hybridized carbons (Fsp3) is 0.211. The first kappa shape index (κ1) is 15.9. The van der Waals surface area contributed by atoms with Gasteiger partial charge in [0.2, 0.25) is 5.91 Å². The molecule has 3 aromatic rings. The summed E-state index contributed by atoms with van der Waals surface area (Å²) in [4.78, 5) is 16.3. The number of carbonyl (C=O) groups excluding carboxylic acids is 1. The average Bonchev–Trinajstić information content (AvgIpc) is 3.04. The van der Waals surface area contributed by atoms with Crippen molar-refractivity contribution in [3.8, 4) is 11.5 Å². The number of hydrogen-bond donors (Lipinski definition) is 1. The molecule has 5 heteroatoms. The molecule has 122 valence electrons. The molecule has 0 fully saturated rings. The van der Waals surface area contributed by atoms with Crippen LogP contribution in [0.1, 0.15) is 17.0 Å². The molecule has 3 rings (SSSR count). The van der Waals surface area contributed by atoms with E-state index in [1.807, 2.05) is 61.5 Å². The topological polar surface area (TPSA) is 68.0 Å². The van der Waals surface area contributed by atoms with Crippen LogP contribution in [0.5, 0.6) is 0 Å². The molecule has 0 spiro atoms. The molecule has 0 aliphatic rings. The average molecular weight is 321 g/mol. The van der Waals surface area contributed by atoms with E-state index >= 15 is 0 Å². The lowest BCUT2D eigenvalue weighted by Crippen LogP contribution is -2.27. The lowest BCUT2D eigenvalue weighted by atomic mass is 10.1. The van der Waals surface area contributed by atoms with Gasteiger partial charge in [-0.2, -0.15) is 4.98 Å². The highest BCUT2D eigenvalue weighted by atomic mass is 16.5. The molecule has 0 radical (unpaired) electrons. The van der Waals surface area contributed by atoms with Gasteiger partial charge in [0.15, 0.2) is 5.82 Å². The van der Waals surface area contributed by atoms with Gasteiger partial charge in [-0.3, -0.25) is 4.79 Å². The summed E-state index contributed by atoms with van der Waals surface area (Å²) in [5.74, 6) is 0.730. The summed E-state index contributed by atoms with van der Waals surface area (Å²) in [7, 11) is 0. The van der Waals surface area contributed by atoms with Crippen molar-refractivity contribution in [2.75, 3.05) is 6.54 Å². The summed E-state index contributed by atoms with van der Waals surface area (Å²) < 4.78 is 5.27. The normalized spacial score (nSPS) is 10.5. The number of aromatic nitrogens is 2. The number of amides is 1. The fourth-order valence-electron chi connectivity index (χ4n) is 2.45. The third kappa shape index (κ3) is 4.07. The van der Waals surface area contributed by atoms with Crippen LogP contribution < -0.4 is 5.32 Å². The van der Waals surface area contributed by atoms with E-state index in [4.69, 9.17) is 4.52 Å². The highest BCUT2D eigenvalue weighted by molar-refractivity contribution is 5.77. The minimum Gasteiger partial charge on any atom is -0.355 e. The predicted molar refractivity (Wildman–Crippen MR) is 91.3 cm³/mol. The fourth-order valence-corrected chi connectivity index (χ4v) is 2.45. The van der Waals surface area contributed by atoms with Gasteiger partial charge in [0.1, 0.15) is 0 Å². The van der Waals surface area contributed by atoms with Crippen molar-refractivity contribution in [2.24, 2.45) is 0 Å². The zero-order valence-corrected chi connectivity index (χ0v) is 13.5. The number of rotatable bonds is 6. The third-order valence-corrected chi connectivity index (χ3v) is 3.74. The number of hydrogen-bond acceptors (Lipinski definition) is 4. The summed E-state index contributed by atoms with van der Waals surface area (Å²) in [5, 5.41) is 6.77. The molecule has 0 unspecified atom stereocenters. The Morgan fingerprint density at radius 3 is 2.62 bits per heavy atom. The van der Waals surface area contributed by atoms with E-state index in [0.29, 0.717) is 18.3 Å². The Balaban J connectivity index is 1.53. The Morgan fingerprint density at radius 2 is 1.83 bits per heavy atom. The summed E-state index contributed by atoms with van der Waals surface area (Å²) >= 11 is 0. The van der Waals surface area contributed by atoms with Crippen LogP contribution in [-0.2, 0) is 17.6 Å². The van der Waals surface area contributed by atoms with Crippen LogP contribution in [0, 0.1) is 6.92 Å². The van der Waals surface area contributed by atoms with Gasteiger partial charge in [-0.1, -0.05) is 53.7 Å². The smallest absolute Gasteiger partial charge is 0.258 e. The number of nitrogens with zero attached hydrogens (tertiary/aromatic N) is 2. The van der Waals surface area contributed by atoms with Crippen LogP contribution >= 0.6 is 0 Å². The van der Waals surface area contributed by atoms with Gasteiger partial charge in [-0.25, -0.2) is 0 Å². The zero-order valence-electron chi connectivity index (χ0n) is 13.5. The molecular formula is C19H19N3O2. The number of aryl methyl sites for hydroxylation is 1. The van der Waals surface area contributed by atoms with Crippen LogP contribution in [0.3, 0.4) is 0 Å². The summed E-state index contributed by atoms with van der Waals surface area (Å²) in [5.41, 5.74) is 3.14. The first-order valence-electron chi connectivity index (χ1n) is 7.91. The van der Waals surface area contributed by atoms with E-state index in [-0.39, 0.29) is 12.3 Å². The van der Waals surface area contributed by atoms with E-state index in [2.05, 4.69) is 15.5 Å². The quantitative estimate of drug-likeness (QED) is 0.758. The molecular weight excluding hydrogens is 302 g/mol. The van der Waals surface area contributed by atoms with Crippen LogP contribution in [0.2, 0.25) is 0 Å². The molecule has 1 aromatic heterocycles. The highest BCUT2D eigenvalue weighted by Gasteiger charge is 2.13. The van der Waals surface area contributed by atoms with E-state index in [9.17, 15) is 4.79 Å². The molecule has 1 heterocycles. The Bertz CT molecular complexity index is 812. The van der Waals surface area contributed by atoms with Crippen molar-refractivity contribution in [1.29, 1.82) is 0 Å². The van der Waals surface area contributed by atoms with Gasteiger partial charge < -0.3 is 9.84 Å². The highest BCUT2D eigenvalue weighted by Crippen LogP contribution is 2.20. The maximum absolute atomic E-state index is 12.0. The zero-order chi connectivity index (χ0) is 16.8. The van der Waals surface area contributed by atoms with Gasteiger partial charge in [-0.05, 0) is 30.5 Å². The number of nitrogens with one attached hydrogen (secondary N) is 1. The lowest BCUT2D eigenvalue weighted by Gasteiger charge is -2.03. The van der Waals surface area contributed by atoms with Crippen LogP contribution in [0.15, 0.2) is 59.1 Å². The maximum Gasteiger partial charge on any atom is 0.258 e. The molecule has 0 saturated heterocycles. The Hall–Kier alpha value is -2.95. The summed E-state index contributed by atoms with van der Waals surface area (Å²) in [6, 6.07) is 17.8. The van der Waals surface area contributed by atoms with Crippen molar-refractivity contribution in [3.63, 3.8) is 0 Å². The third-order valence-electron chi connectivity index (χ3n) is 3.74. The standard InChI is InChI=1S/C19H19N3O2/c1-14-7-5-6-10-16(14)19-21-17(22-24-19)13-18(23)20-12-11-15-8-3-2-4-9-15/h2-10H,11-13H2,1H3,(H,20,23). The van der Waals surface area contributed by atoms with Crippen molar-refractivity contribution in [2.45, 2.75) is 19.8 Å². The van der Waals surface area contributed by atoms with Gasteiger partial charge in [0.25, 0.3) is 5.89 Å². The van der Waals surface area contributed by atoms with Crippen molar-refractivity contribution in [3.05, 3.63) is 71.5 Å². The first-order chi connectivity index (χ1) is 11.7. The monoisotopic (exact) mass is 321 g/mol. The van der Waals surface area contributed by atoms with Crippen molar-refractivity contribution < 1.29 is 9.32 Å². The van der Waals surface area contributed by atoms with Gasteiger partial charge in [0.05, 0.1) is 6.42 Å². The molecule has 0 atom stereocenters. The molecule has 0 aliphatic carbocycles. The predicted octanol–water partition coefficient (Wildman–Crippen LogP) is 2.95. The Morgan fingerprint density at radius 1 is 1.08 bits per heavy atom. The van der Waals surface area contributed by atoms with E-state index in [0.717, 1.165) is 17.5 Å². The van der Waals surface area contributed by atoms with E-state index < -0.39 is 0 Å². The second-order valence-electron chi connectivity index (χ2n) is 5.59. The largest absolute Gasteiger partial charge is 0.355 e. The van der Waals surface area contributed by atoms with E-state index in [1.54, 1.807) is 0 Å². The Kier molecular flexibility index (Phi) is 5.01. The second-order valence-corrected chi connectivity index (χ2v) is 5.59. The van der Waals surface area contributed by atoms with Crippen LogP contribution in [0.25, 0.3) is 11.5 Å². The molecule has 0 bridgehead atoms. The first-order valence-corrected chi connectivity index (χ1v) is 7.91.